The molecule has 226 valence electrons. The van der Waals surface area contributed by atoms with E-state index in [9.17, 15) is 4.79 Å². The van der Waals surface area contributed by atoms with E-state index in [0.29, 0.717) is 33.9 Å². The highest BCUT2D eigenvalue weighted by Gasteiger charge is 2.47. The van der Waals surface area contributed by atoms with Gasteiger partial charge in [0.15, 0.2) is 5.82 Å². The van der Waals surface area contributed by atoms with Crippen LogP contribution in [0.15, 0.2) is 48.5 Å². The standard InChI is InChI=1S/C34H35ClN6O3/c1-39-31-26(12-21(14-29(31)44-3)34(42)41-17-20-7-11-27(41)30(20)36)38-33(39)28-13-19-6-10-25(23-9-8-22(43-2)15-24(23)35)37-32(19)40(28)16-18-4-5-18/h6,8-10,12-15,18,20,27,30H,4-5,7,11,16-17,36H2,1-3H3/t20-,27-,30-/m1/s1. The number of aryl methyl sites for hydroxylation is 1. The Bertz CT molecular complexity index is 1960. The van der Waals surface area contributed by atoms with Crippen LogP contribution in [0.3, 0.4) is 0 Å². The predicted molar refractivity (Wildman–Crippen MR) is 171 cm³/mol. The van der Waals surface area contributed by atoms with Gasteiger partial charge in [-0.3, -0.25) is 4.79 Å². The zero-order chi connectivity index (χ0) is 30.3. The van der Waals surface area contributed by atoms with E-state index < -0.39 is 0 Å². The van der Waals surface area contributed by atoms with Gasteiger partial charge in [0, 0.05) is 48.7 Å². The fourth-order valence-corrected chi connectivity index (χ4v) is 7.57. The van der Waals surface area contributed by atoms with Gasteiger partial charge in [0.2, 0.25) is 0 Å². The van der Waals surface area contributed by atoms with Crippen LogP contribution < -0.4 is 15.2 Å². The van der Waals surface area contributed by atoms with Gasteiger partial charge in [-0.25, -0.2) is 9.97 Å². The first-order valence-corrected chi connectivity index (χ1v) is 15.7. The van der Waals surface area contributed by atoms with Crippen molar-refractivity contribution >= 4 is 39.6 Å². The van der Waals surface area contributed by atoms with Gasteiger partial charge in [-0.05, 0) is 86.1 Å². The summed E-state index contributed by atoms with van der Waals surface area (Å²) in [6, 6.07) is 15.8. The maximum atomic E-state index is 13.7. The van der Waals surface area contributed by atoms with Crippen LogP contribution in [0.1, 0.15) is 36.0 Å². The number of imidazole rings is 1. The Kier molecular flexibility index (Phi) is 6.39. The number of hydrogen-bond donors (Lipinski definition) is 1. The van der Waals surface area contributed by atoms with Crippen LogP contribution in [-0.4, -0.2) is 62.8 Å². The number of amides is 1. The summed E-state index contributed by atoms with van der Waals surface area (Å²) in [7, 11) is 5.27. The van der Waals surface area contributed by atoms with Crippen LogP contribution >= 0.6 is 11.6 Å². The molecule has 2 bridgehead atoms. The number of rotatable bonds is 7. The third kappa shape index (κ3) is 4.28. The minimum atomic E-state index is -0.00294. The Morgan fingerprint density at radius 3 is 2.55 bits per heavy atom. The topological polar surface area (TPSA) is 100 Å². The van der Waals surface area contributed by atoms with E-state index in [4.69, 9.17) is 36.8 Å². The maximum absolute atomic E-state index is 13.7. The largest absolute Gasteiger partial charge is 0.497 e. The number of likely N-dealkylation sites (tertiary alicyclic amines) is 1. The van der Waals surface area contributed by atoms with Crippen molar-refractivity contribution in [1.29, 1.82) is 0 Å². The molecule has 0 unspecified atom stereocenters. The number of pyridine rings is 1. The first kappa shape index (κ1) is 27.5. The Morgan fingerprint density at radius 2 is 1.86 bits per heavy atom. The molecule has 3 atom stereocenters. The number of methoxy groups -OCH3 is 2. The average molecular weight is 611 g/mol. The Morgan fingerprint density at radius 1 is 1.02 bits per heavy atom. The van der Waals surface area contributed by atoms with Gasteiger partial charge in [0.1, 0.15) is 22.7 Å². The summed E-state index contributed by atoms with van der Waals surface area (Å²) in [6.45, 7) is 1.57. The highest BCUT2D eigenvalue weighted by molar-refractivity contribution is 6.33. The van der Waals surface area contributed by atoms with E-state index >= 15 is 0 Å². The van der Waals surface area contributed by atoms with Gasteiger partial charge >= 0.3 is 0 Å². The van der Waals surface area contributed by atoms with Crippen LogP contribution in [0.4, 0.5) is 0 Å². The molecule has 1 amide bonds. The summed E-state index contributed by atoms with van der Waals surface area (Å²) >= 11 is 6.64. The number of ether oxygens (including phenoxy) is 2. The smallest absolute Gasteiger partial charge is 0.254 e. The molecule has 9 nitrogen and oxygen atoms in total. The molecular weight excluding hydrogens is 576 g/mol. The molecule has 5 aromatic rings. The molecule has 3 aliphatic rings. The van der Waals surface area contributed by atoms with Crippen molar-refractivity contribution in [2.24, 2.45) is 24.6 Å². The summed E-state index contributed by atoms with van der Waals surface area (Å²) < 4.78 is 15.5. The van der Waals surface area contributed by atoms with Crippen LogP contribution in [0.5, 0.6) is 11.5 Å². The molecule has 3 aromatic heterocycles. The number of aromatic nitrogens is 4. The molecule has 3 fully saturated rings. The van der Waals surface area contributed by atoms with Gasteiger partial charge in [-0.15, -0.1) is 0 Å². The first-order valence-electron chi connectivity index (χ1n) is 15.3. The number of nitrogens with two attached hydrogens (primary N) is 1. The van der Waals surface area contributed by atoms with Crippen molar-refractivity contribution in [3.8, 4) is 34.3 Å². The fraction of sp³-hybridized carbons (Fsp3) is 0.382. The van der Waals surface area contributed by atoms with Crippen molar-refractivity contribution < 1.29 is 14.3 Å². The molecule has 1 aliphatic heterocycles. The molecular formula is C34H35ClN6O3. The minimum Gasteiger partial charge on any atom is -0.497 e. The number of carbonyl (C=O) groups is 1. The number of nitrogens with zero attached hydrogens (tertiary/aromatic N) is 5. The van der Waals surface area contributed by atoms with Gasteiger partial charge in [-0.2, -0.15) is 0 Å². The van der Waals surface area contributed by atoms with Crippen molar-refractivity contribution in [1.82, 2.24) is 24.0 Å². The van der Waals surface area contributed by atoms with Crippen molar-refractivity contribution in [2.75, 3.05) is 20.8 Å². The summed E-state index contributed by atoms with van der Waals surface area (Å²) in [5.74, 6) is 3.12. The number of hydrogen-bond acceptors (Lipinski definition) is 6. The first-order chi connectivity index (χ1) is 21.3. The van der Waals surface area contributed by atoms with E-state index in [1.807, 2.05) is 48.3 Å². The lowest BCUT2D eigenvalue weighted by atomic mass is 10.1. The third-order valence-corrected chi connectivity index (χ3v) is 10.2. The molecule has 4 heterocycles. The second-order valence-electron chi connectivity index (χ2n) is 12.5. The number of halogens is 1. The van der Waals surface area contributed by atoms with E-state index in [2.05, 4.69) is 21.3 Å². The summed E-state index contributed by atoms with van der Waals surface area (Å²) in [6.07, 6.45) is 4.47. The van der Waals surface area contributed by atoms with Crippen LogP contribution in [-0.2, 0) is 13.6 Å². The lowest BCUT2D eigenvalue weighted by Gasteiger charge is -2.27. The van der Waals surface area contributed by atoms with Gasteiger partial charge < -0.3 is 29.2 Å². The lowest BCUT2D eigenvalue weighted by Crippen LogP contribution is -2.41. The lowest BCUT2D eigenvalue weighted by molar-refractivity contribution is 0.0700. The van der Waals surface area contributed by atoms with E-state index in [1.54, 1.807) is 14.2 Å². The van der Waals surface area contributed by atoms with Crippen LogP contribution in [0.25, 0.3) is 44.8 Å². The molecule has 2 saturated carbocycles. The SMILES string of the molecule is COc1ccc(-c2ccc3cc(-c4nc5cc(C(=O)N6C[C@H]7CC[C@@H]6[C@@H]7N)cc(OC)c5n4C)n(CC4CC4)c3n2)c(Cl)c1. The molecule has 2 aliphatic carbocycles. The van der Waals surface area contributed by atoms with Crippen molar-refractivity contribution in [3.05, 3.63) is 59.1 Å². The molecule has 0 spiro atoms. The second kappa shape index (κ2) is 10.2. The number of benzene rings is 2. The number of piperidine rings is 1. The molecule has 44 heavy (non-hydrogen) atoms. The average Bonchev–Trinajstić information content (AvgIpc) is 3.44. The zero-order valence-corrected chi connectivity index (χ0v) is 25.8. The Labute approximate surface area is 260 Å². The number of fused-ring (bicyclic) bond motifs is 4. The van der Waals surface area contributed by atoms with Gasteiger partial charge in [0.05, 0.1) is 36.1 Å². The zero-order valence-electron chi connectivity index (χ0n) is 25.1. The summed E-state index contributed by atoms with van der Waals surface area (Å²) in [4.78, 5) is 25.9. The molecule has 0 radical (unpaired) electrons. The highest BCUT2D eigenvalue weighted by Crippen LogP contribution is 2.41. The predicted octanol–water partition coefficient (Wildman–Crippen LogP) is 5.90. The molecule has 8 rings (SSSR count). The second-order valence-corrected chi connectivity index (χ2v) is 12.9. The summed E-state index contributed by atoms with van der Waals surface area (Å²) in [5, 5.41) is 1.62. The Hall–Kier alpha value is -4.08. The fourth-order valence-electron chi connectivity index (χ4n) is 7.30. The quantitative estimate of drug-likeness (QED) is 0.246. The Balaban J connectivity index is 1.24. The van der Waals surface area contributed by atoms with Crippen LogP contribution in [0.2, 0.25) is 5.02 Å². The van der Waals surface area contributed by atoms with E-state index in [0.717, 1.165) is 70.8 Å². The maximum Gasteiger partial charge on any atom is 0.254 e. The monoisotopic (exact) mass is 610 g/mol. The van der Waals surface area contributed by atoms with E-state index in [-0.39, 0.29) is 18.0 Å². The van der Waals surface area contributed by atoms with Crippen molar-refractivity contribution in [2.45, 2.75) is 44.3 Å². The number of carbonyl (C=O) groups excluding carboxylic acids is 1. The molecule has 2 N–H and O–H groups in total. The van der Waals surface area contributed by atoms with E-state index in [1.165, 1.54) is 12.8 Å². The highest BCUT2D eigenvalue weighted by atomic mass is 35.5. The normalized spacial score (nSPS) is 21.1. The van der Waals surface area contributed by atoms with Gasteiger partial charge in [-0.1, -0.05) is 11.6 Å². The van der Waals surface area contributed by atoms with Crippen LogP contribution in [0, 0.1) is 11.8 Å². The minimum absolute atomic E-state index is 0.00294. The molecule has 1 saturated heterocycles. The third-order valence-electron chi connectivity index (χ3n) is 9.88. The van der Waals surface area contributed by atoms with Crippen molar-refractivity contribution in [3.63, 3.8) is 0 Å². The molecule has 2 aromatic carbocycles. The summed E-state index contributed by atoms with van der Waals surface area (Å²) in [5.41, 5.74) is 12.1. The van der Waals surface area contributed by atoms with Gasteiger partial charge in [0.25, 0.3) is 5.91 Å². The molecule has 10 heteroatoms.